The second-order valence-corrected chi connectivity index (χ2v) is 8.21. The normalized spacial score (nSPS) is 11.5. The van der Waals surface area contributed by atoms with Gasteiger partial charge < -0.3 is 19.2 Å². The van der Waals surface area contributed by atoms with Gasteiger partial charge in [-0.05, 0) is 61.4 Å². The lowest BCUT2D eigenvalue weighted by atomic mass is 9.96. The van der Waals surface area contributed by atoms with E-state index in [-0.39, 0.29) is 10.7 Å². The zero-order valence-corrected chi connectivity index (χ0v) is 19.9. The molecular formula is C27H23ClFNO4. The highest BCUT2D eigenvalue weighted by atomic mass is 35.5. The summed E-state index contributed by atoms with van der Waals surface area (Å²) in [4.78, 5) is 12.6. The molecule has 1 amide bonds. The molecule has 4 rings (SSSR count). The Morgan fingerprint density at radius 1 is 1.09 bits per heavy atom. The van der Waals surface area contributed by atoms with Gasteiger partial charge in [0.2, 0.25) is 5.91 Å². The zero-order valence-electron chi connectivity index (χ0n) is 19.2. The van der Waals surface area contributed by atoms with Gasteiger partial charge in [-0.2, -0.15) is 0 Å². The number of carbonyl (C=O) groups excluding carboxylic acids is 1. The Hall–Kier alpha value is -3.77. The van der Waals surface area contributed by atoms with Gasteiger partial charge in [-0.25, -0.2) is 4.39 Å². The molecule has 174 valence electrons. The predicted molar refractivity (Wildman–Crippen MR) is 133 cm³/mol. The van der Waals surface area contributed by atoms with Crippen LogP contribution in [0.15, 0.2) is 65.3 Å². The first-order valence-electron chi connectivity index (χ1n) is 10.5. The number of carbonyl (C=O) groups is 1. The van der Waals surface area contributed by atoms with Gasteiger partial charge >= 0.3 is 0 Å². The van der Waals surface area contributed by atoms with Crippen molar-refractivity contribution in [2.75, 3.05) is 19.5 Å². The molecule has 0 spiro atoms. The van der Waals surface area contributed by atoms with E-state index in [4.69, 9.17) is 25.5 Å². The fourth-order valence-corrected chi connectivity index (χ4v) is 4.06. The molecule has 1 aromatic heterocycles. The molecule has 0 aliphatic carbocycles. The molecule has 0 fully saturated rings. The molecule has 7 heteroatoms. The molecule has 0 saturated heterocycles. The van der Waals surface area contributed by atoms with E-state index in [1.807, 2.05) is 37.3 Å². The summed E-state index contributed by atoms with van der Waals surface area (Å²) in [5.74, 6) is 0.282. The second kappa shape index (κ2) is 9.61. The Balaban J connectivity index is 1.74. The van der Waals surface area contributed by atoms with Gasteiger partial charge in [-0.15, -0.1) is 0 Å². The summed E-state index contributed by atoms with van der Waals surface area (Å²) in [6.07, 6.45) is 3.11. The number of benzene rings is 3. The van der Waals surface area contributed by atoms with Crippen LogP contribution >= 0.6 is 11.6 Å². The highest BCUT2D eigenvalue weighted by Crippen LogP contribution is 2.40. The minimum atomic E-state index is -0.607. The maximum atomic E-state index is 14.1. The van der Waals surface area contributed by atoms with Crippen molar-refractivity contribution in [1.29, 1.82) is 0 Å². The van der Waals surface area contributed by atoms with Crippen molar-refractivity contribution in [3.63, 3.8) is 0 Å². The summed E-state index contributed by atoms with van der Waals surface area (Å²) in [6.45, 7) is 3.70. The molecule has 0 atom stereocenters. The number of fused-ring (bicyclic) bond motifs is 1. The monoisotopic (exact) mass is 479 g/mol. The van der Waals surface area contributed by atoms with Gasteiger partial charge in [0.1, 0.15) is 22.9 Å². The first-order valence-corrected chi connectivity index (χ1v) is 10.9. The van der Waals surface area contributed by atoms with Crippen LogP contribution in [0.25, 0.3) is 27.7 Å². The summed E-state index contributed by atoms with van der Waals surface area (Å²) < 4.78 is 30.9. The van der Waals surface area contributed by atoms with Crippen molar-refractivity contribution < 1.29 is 23.1 Å². The molecule has 0 aliphatic heterocycles. The van der Waals surface area contributed by atoms with Crippen LogP contribution in [-0.2, 0) is 4.79 Å². The highest BCUT2D eigenvalue weighted by Gasteiger charge is 2.19. The Labute approximate surface area is 201 Å². The molecule has 0 radical (unpaired) electrons. The third-order valence-corrected chi connectivity index (χ3v) is 5.85. The molecule has 0 saturated carbocycles. The standard InChI is InChI=1S/C27H23ClFNO4/c1-15(11-25(31)30-24-10-7-18(28)12-23(24)29)20-13-21-22(17-5-8-19(32-3)9-6-17)14-34-27(21)16(2)26(20)33-4/h5-14H,1-4H3,(H,30,31)/b15-11+. The number of amides is 1. The largest absolute Gasteiger partial charge is 0.497 e. The van der Waals surface area contributed by atoms with E-state index >= 15 is 0 Å². The lowest BCUT2D eigenvalue weighted by molar-refractivity contribution is -0.111. The van der Waals surface area contributed by atoms with Crippen molar-refractivity contribution in [2.45, 2.75) is 13.8 Å². The average molecular weight is 480 g/mol. The number of allylic oxidation sites excluding steroid dienone is 1. The quantitative estimate of drug-likeness (QED) is 0.296. The number of aryl methyl sites for hydroxylation is 1. The fourth-order valence-electron chi connectivity index (χ4n) is 3.90. The van der Waals surface area contributed by atoms with E-state index in [0.717, 1.165) is 39.5 Å². The first-order chi connectivity index (χ1) is 16.3. The minimum Gasteiger partial charge on any atom is -0.497 e. The molecule has 34 heavy (non-hydrogen) atoms. The van der Waals surface area contributed by atoms with E-state index in [1.165, 1.54) is 18.2 Å². The SMILES string of the molecule is COc1ccc(-c2coc3c(C)c(OC)c(/C(C)=C/C(=O)Nc4ccc(Cl)cc4F)cc23)cc1. The van der Waals surface area contributed by atoms with Gasteiger partial charge in [-0.1, -0.05) is 23.7 Å². The maximum absolute atomic E-state index is 14.1. The number of hydrogen-bond donors (Lipinski definition) is 1. The van der Waals surface area contributed by atoms with Crippen LogP contribution in [0.1, 0.15) is 18.1 Å². The Morgan fingerprint density at radius 2 is 1.82 bits per heavy atom. The minimum absolute atomic E-state index is 0.0497. The molecule has 1 heterocycles. The van der Waals surface area contributed by atoms with Crippen molar-refractivity contribution in [3.8, 4) is 22.6 Å². The van der Waals surface area contributed by atoms with Crippen LogP contribution in [0.4, 0.5) is 10.1 Å². The van der Waals surface area contributed by atoms with Crippen molar-refractivity contribution in [1.82, 2.24) is 0 Å². The molecule has 0 aliphatic rings. The topological polar surface area (TPSA) is 60.7 Å². The van der Waals surface area contributed by atoms with E-state index in [1.54, 1.807) is 27.4 Å². The highest BCUT2D eigenvalue weighted by molar-refractivity contribution is 6.30. The van der Waals surface area contributed by atoms with Crippen molar-refractivity contribution in [3.05, 3.63) is 82.8 Å². The molecule has 5 nitrogen and oxygen atoms in total. The smallest absolute Gasteiger partial charge is 0.248 e. The van der Waals surface area contributed by atoms with Crippen LogP contribution in [-0.4, -0.2) is 20.1 Å². The summed E-state index contributed by atoms with van der Waals surface area (Å²) in [5, 5.41) is 3.69. The fraction of sp³-hybridized carbons (Fsp3) is 0.148. The molecule has 1 N–H and O–H groups in total. The molecule has 0 bridgehead atoms. The predicted octanol–water partition coefficient (Wildman–Crippen LogP) is 7.26. The second-order valence-electron chi connectivity index (χ2n) is 7.78. The van der Waals surface area contributed by atoms with E-state index < -0.39 is 11.7 Å². The Bertz CT molecular complexity index is 1410. The molecular weight excluding hydrogens is 457 g/mol. The van der Waals surface area contributed by atoms with Crippen LogP contribution in [0.5, 0.6) is 11.5 Å². The Kier molecular flexibility index (Phi) is 6.61. The van der Waals surface area contributed by atoms with Gasteiger partial charge in [0.05, 0.1) is 26.2 Å². The Morgan fingerprint density at radius 3 is 2.47 bits per heavy atom. The van der Waals surface area contributed by atoms with Crippen LogP contribution in [0, 0.1) is 12.7 Å². The lowest BCUT2D eigenvalue weighted by Gasteiger charge is -2.13. The van der Waals surface area contributed by atoms with Gasteiger partial charge in [0, 0.05) is 33.2 Å². The number of hydrogen-bond acceptors (Lipinski definition) is 4. The van der Waals surface area contributed by atoms with Crippen molar-refractivity contribution in [2.24, 2.45) is 0 Å². The van der Waals surface area contributed by atoms with Crippen LogP contribution in [0.3, 0.4) is 0 Å². The maximum Gasteiger partial charge on any atom is 0.248 e. The molecule has 4 aromatic rings. The summed E-state index contributed by atoms with van der Waals surface area (Å²) in [5.41, 5.74) is 4.82. The molecule has 3 aromatic carbocycles. The van der Waals surface area contributed by atoms with E-state index in [2.05, 4.69) is 5.32 Å². The summed E-state index contributed by atoms with van der Waals surface area (Å²) >= 11 is 5.78. The van der Waals surface area contributed by atoms with Gasteiger partial charge in [-0.3, -0.25) is 4.79 Å². The number of nitrogens with one attached hydrogen (secondary N) is 1. The zero-order chi connectivity index (χ0) is 24.4. The lowest BCUT2D eigenvalue weighted by Crippen LogP contribution is -2.10. The number of methoxy groups -OCH3 is 2. The third kappa shape index (κ3) is 4.50. The van der Waals surface area contributed by atoms with Gasteiger partial charge in [0.15, 0.2) is 0 Å². The van der Waals surface area contributed by atoms with Gasteiger partial charge in [0.25, 0.3) is 0 Å². The number of halogens is 2. The third-order valence-electron chi connectivity index (χ3n) is 5.61. The van der Waals surface area contributed by atoms with Crippen molar-refractivity contribution >= 4 is 39.7 Å². The van der Waals surface area contributed by atoms with E-state index in [9.17, 15) is 9.18 Å². The van der Waals surface area contributed by atoms with E-state index in [0.29, 0.717) is 16.9 Å². The van der Waals surface area contributed by atoms with Crippen LogP contribution < -0.4 is 14.8 Å². The number of ether oxygens (including phenoxy) is 2. The number of rotatable bonds is 6. The first kappa shape index (κ1) is 23.4. The summed E-state index contributed by atoms with van der Waals surface area (Å²) in [7, 11) is 3.19. The number of furan rings is 1. The summed E-state index contributed by atoms with van der Waals surface area (Å²) in [6, 6.07) is 13.7. The van der Waals surface area contributed by atoms with Crippen LogP contribution in [0.2, 0.25) is 5.02 Å². The average Bonchev–Trinajstić information content (AvgIpc) is 3.25. The number of anilines is 1. The molecule has 0 unspecified atom stereocenters.